The summed E-state index contributed by atoms with van der Waals surface area (Å²) in [7, 11) is 0. The molecule has 2 heterocycles. The van der Waals surface area contributed by atoms with Gasteiger partial charge in [0.05, 0.1) is 13.1 Å². The van der Waals surface area contributed by atoms with Crippen molar-refractivity contribution in [3.8, 4) is 0 Å². The predicted octanol–water partition coefficient (Wildman–Crippen LogP) is 1.84. The van der Waals surface area contributed by atoms with Crippen molar-refractivity contribution in [2.75, 3.05) is 6.54 Å². The predicted molar refractivity (Wildman–Crippen MR) is 72.5 cm³/mol. The van der Waals surface area contributed by atoms with E-state index in [-0.39, 0.29) is 0 Å². The van der Waals surface area contributed by atoms with Crippen molar-refractivity contribution in [1.82, 2.24) is 25.5 Å². The molecule has 5 nitrogen and oxygen atoms in total. The zero-order chi connectivity index (χ0) is 13.0. The lowest BCUT2D eigenvalue weighted by atomic mass is 10.2. The van der Waals surface area contributed by atoms with Gasteiger partial charge < -0.3 is 5.32 Å². The fraction of sp³-hybridized carbons (Fsp3) is 0.583. The van der Waals surface area contributed by atoms with Gasteiger partial charge in [-0.2, -0.15) is 0 Å². The van der Waals surface area contributed by atoms with Crippen LogP contribution in [0.25, 0.3) is 0 Å². The second-order valence-electron chi connectivity index (χ2n) is 4.79. The molecule has 2 aromatic heterocycles. The second-order valence-corrected chi connectivity index (χ2v) is 6.16. The molecule has 0 spiro atoms. The monoisotopic (exact) mass is 265 g/mol. The molecule has 18 heavy (non-hydrogen) atoms. The van der Waals surface area contributed by atoms with Crippen molar-refractivity contribution in [3.63, 3.8) is 0 Å². The molecule has 0 aliphatic rings. The zero-order valence-electron chi connectivity index (χ0n) is 11.1. The number of hydrogen-bond donors (Lipinski definition) is 1. The molecule has 0 saturated heterocycles. The first kappa shape index (κ1) is 13.2. The summed E-state index contributed by atoms with van der Waals surface area (Å²) in [4.78, 5) is 2.60. The van der Waals surface area contributed by atoms with Crippen molar-refractivity contribution in [3.05, 3.63) is 27.7 Å². The topological polar surface area (TPSA) is 55.6 Å². The summed E-state index contributed by atoms with van der Waals surface area (Å²) in [6.07, 6.45) is 0. The molecule has 0 unspecified atom stereocenters. The second kappa shape index (κ2) is 6.06. The SMILES string of the molecule is Cc1ccc(Cn2nnnc2CNCC(C)C)s1. The number of nitrogens with one attached hydrogen (secondary N) is 1. The Morgan fingerprint density at radius 3 is 2.89 bits per heavy atom. The Kier molecular flexibility index (Phi) is 4.43. The van der Waals surface area contributed by atoms with Crippen LogP contribution < -0.4 is 5.32 Å². The number of rotatable bonds is 6. The van der Waals surface area contributed by atoms with Crippen molar-refractivity contribution in [2.24, 2.45) is 5.92 Å². The summed E-state index contributed by atoms with van der Waals surface area (Å²) in [5, 5.41) is 15.2. The minimum Gasteiger partial charge on any atom is -0.310 e. The van der Waals surface area contributed by atoms with Gasteiger partial charge in [0.25, 0.3) is 0 Å². The third-order valence-electron chi connectivity index (χ3n) is 2.54. The summed E-state index contributed by atoms with van der Waals surface area (Å²) in [6, 6.07) is 4.26. The third kappa shape index (κ3) is 3.61. The molecule has 2 aromatic rings. The minimum absolute atomic E-state index is 0.634. The van der Waals surface area contributed by atoms with Gasteiger partial charge in [-0.15, -0.1) is 16.4 Å². The average molecular weight is 265 g/mol. The van der Waals surface area contributed by atoms with Gasteiger partial charge in [0.1, 0.15) is 0 Å². The van der Waals surface area contributed by atoms with Gasteiger partial charge in [0, 0.05) is 9.75 Å². The van der Waals surface area contributed by atoms with Gasteiger partial charge in [-0.3, -0.25) is 0 Å². The van der Waals surface area contributed by atoms with Crippen LogP contribution in [0.15, 0.2) is 12.1 Å². The van der Waals surface area contributed by atoms with Crippen LogP contribution in [0.2, 0.25) is 0 Å². The van der Waals surface area contributed by atoms with E-state index in [9.17, 15) is 0 Å². The summed E-state index contributed by atoms with van der Waals surface area (Å²) in [6.45, 7) is 8.93. The van der Waals surface area contributed by atoms with Crippen molar-refractivity contribution in [2.45, 2.75) is 33.9 Å². The maximum absolute atomic E-state index is 4.06. The molecule has 0 atom stereocenters. The maximum Gasteiger partial charge on any atom is 0.165 e. The Morgan fingerprint density at radius 1 is 1.39 bits per heavy atom. The molecule has 98 valence electrons. The number of aromatic nitrogens is 4. The standard InChI is InChI=1S/C12H19N5S/c1-9(2)6-13-7-12-14-15-16-17(12)8-11-5-4-10(3)18-11/h4-5,9,13H,6-8H2,1-3H3. The molecule has 0 aliphatic carbocycles. The maximum atomic E-state index is 4.06. The van der Waals surface area contributed by atoms with Gasteiger partial charge in [0.2, 0.25) is 0 Å². The summed E-state index contributed by atoms with van der Waals surface area (Å²) < 4.78 is 1.86. The molecule has 0 saturated carbocycles. The Morgan fingerprint density at radius 2 is 2.22 bits per heavy atom. The molecule has 0 aliphatic heterocycles. The quantitative estimate of drug-likeness (QED) is 0.866. The van der Waals surface area contributed by atoms with Gasteiger partial charge in [-0.05, 0) is 41.9 Å². The molecule has 0 bridgehead atoms. The highest BCUT2D eigenvalue weighted by atomic mass is 32.1. The van der Waals surface area contributed by atoms with E-state index < -0.39 is 0 Å². The van der Waals surface area contributed by atoms with Crippen LogP contribution in [0.3, 0.4) is 0 Å². The first-order chi connectivity index (χ1) is 8.65. The van der Waals surface area contributed by atoms with Crippen LogP contribution >= 0.6 is 11.3 Å². The summed E-state index contributed by atoms with van der Waals surface area (Å²) in [5.41, 5.74) is 0. The van der Waals surface area contributed by atoms with E-state index in [2.05, 4.69) is 53.7 Å². The lowest BCUT2D eigenvalue weighted by Crippen LogP contribution is -2.21. The van der Waals surface area contributed by atoms with Crippen LogP contribution in [-0.2, 0) is 13.1 Å². The molecule has 0 radical (unpaired) electrons. The van der Waals surface area contributed by atoms with Crippen molar-refractivity contribution < 1.29 is 0 Å². The van der Waals surface area contributed by atoms with E-state index in [0.29, 0.717) is 5.92 Å². The smallest absolute Gasteiger partial charge is 0.165 e. The van der Waals surface area contributed by atoms with E-state index in [1.165, 1.54) is 9.75 Å². The van der Waals surface area contributed by atoms with Crippen LogP contribution in [0.4, 0.5) is 0 Å². The van der Waals surface area contributed by atoms with Crippen LogP contribution in [0, 0.1) is 12.8 Å². The minimum atomic E-state index is 0.634. The average Bonchev–Trinajstić information content (AvgIpc) is 2.89. The lowest BCUT2D eigenvalue weighted by Gasteiger charge is -2.07. The Hall–Kier alpha value is -1.27. The first-order valence-corrected chi connectivity index (χ1v) is 6.98. The number of tetrazole rings is 1. The van der Waals surface area contributed by atoms with E-state index in [4.69, 9.17) is 0 Å². The number of hydrogen-bond acceptors (Lipinski definition) is 5. The largest absolute Gasteiger partial charge is 0.310 e. The molecule has 1 N–H and O–H groups in total. The number of thiophene rings is 1. The van der Waals surface area contributed by atoms with Gasteiger partial charge >= 0.3 is 0 Å². The summed E-state index contributed by atoms with van der Waals surface area (Å²) in [5.74, 6) is 1.52. The van der Waals surface area contributed by atoms with Gasteiger partial charge in [-0.1, -0.05) is 13.8 Å². The fourth-order valence-electron chi connectivity index (χ4n) is 1.66. The van der Waals surface area contributed by atoms with E-state index in [1.54, 1.807) is 11.3 Å². The fourth-order valence-corrected chi connectivity index (χ4v) is 2.54. The zero-order valence-corrected chi connectivity index (χ0v) is 11.9. The first-order valence-electron chi connectivity index (χ1n) is 6.16. The Bertz CT molecular complexity index is 488. The Labute approximate surface area is 111 Å². The van der Waals surface area contributed by atoms with E-state index >= 15 is 0 Å². The van der Waals surface area contributed by atoms with Gasteiger partial charge in [-0.25, -0.2) is 4.68 Å². The number of nitrogens with zero attached hydrogens (tertiary/aromatic N) is 4. The molecular weight excluding hydrogens is 246 g/mol. The molecular formula is C12H19N5S. The molecule has 0 amide bonds. The highest BCUT2D eigenvalue weighted by Crippen LogP contribution is 2.16. The van der Waals surface area contributed by atoms with Crippen molar-refractivity contribution in [1.29, 1.82) is 0 Å². The highest BCUT2D eigenvalue weighted by molar-refractivity contribution is 7.11. The van der Waals surface area contributed by atoms with Crippen LogP contribution in [0.1, 0.15) is 29.4 Å². The molecule has 0 fully saturated rings. The lowest BCUT2D eigenvalue weighted by molar-refractivity contribution is 0.524. The third-order valence-corrected chi connectivity index (χ3v) is 3.53. The van der Waals surface area contributed by atoms with Gasteiger partial charge in [0.15, 0.2) is 5.82 Å². The summed E-state index contributed by atoms with van der Waals surface area (Å²) >= 11 is 1.79. The van der Waals surface area contributed by atoms with E-state index in [1.807, 2.05) is 4.68 Å². The molecule has 2 rings (SSSR count). The normalized spacial score (nSPS) is 11.3. The van der Waals surface area contributed by atoms with Crippen molar-refractivity contribution >= 4 is 11.3 Å². The van der Waals surface area contributed by atoms with E-state index in [0.717, 1.165) is 25.5 Å². The highest BCUT2D eigenvalue weighted by Gasteiger charge is 2.07. The molecule has 6 heteroatoms. The molecule has 0 aromatic carbocycles. The number of aryl methyl sites for hydroxylation is 1. The van der Waals surface area contributed by atoms with Crippen LogP contribution in [0.5, 0.6) is 0 Å². The Balaban J connectivity index is 1.95. The van der Waals surface area contributed by atoms with Crippen LogP contribution in [-0.4, -0.2) is 26.8 Å².